The van der Waals surface area contributed by atoms with Gasteiger partial charge in [-0.15, -0.1) is 0 Å². The molecule has 0 radical (unpaired) electrons. The molecule has 2 heteroatoms. The average Bonchev–Trinajstić information content (AvgIpc) is 2.38. The molecule has 2 nitrogen and oxygen atoms in total. The Morgan fingerprint density at radius 1 is 0.944 bits per heavy atom. The molecular formula is C16H20N2. The summed E-state index contributed by atoms with van der Waals surface area (Å²) in [6, 6.07) is 15.0. The molecule has 0 unspecified atom stereocenters. The van der Waals surface area contributed by atoms with Gasteiger partial charge in [-0.3, -0.25) is 0 Å². The summed E-state index contributed by atoms with van der Waals surface area (Å²) in [5, 5.41) is 0. The Kier molecular flexibility index (Phi) is 3.68. The molecule has 0 aliphatic carbocycles. The fourth-order valence-electron chi connectivity index (χ4n) is 2.04. The first-order chi connectivity index (χ1) is 8.61. The number of nitrogens with zero attached hydrogens (tertiary/aromatic N) is 1. The van der Waals surface area contributed by atoms with Gasteiger partial charge in [0.1, 0.15) is 0 Å². The van der Waals surface area contributed by atoms with Crippen molar-refractivity contribution in [3.63, 3.8) is 0 Å². The van der Waals surface area contributed by atoms with E-state index in [1.807, 2.05) is 0 Å². The lowest BCUT2D eigenvalue weighted by Crippen LogP contribution is -2.10. The van der Waals surface area contributed by atoms with Gasteiger partial charge in [-0.25, -0.2) is 0 Å². The first kappa shape index (κ1) is 12.7. The van der Waals surface area contributed by atoms with Gasteiger partial charge in [0.25, 0.3) is 0 Å². The van der Waals surface area contributed by atoms with Crippen molar-refractivity contribution in [3.05, 3.63) is 59.2 Å². The maximum absolute atomic E-state index is 5.69. The highest BCUT2D eigenvalue weighted by Gasteiger charge is 2.05. The minimum Gasteiger partial charge on any atom is -0.345 e. The zero-order valence-electron chi connectivity index (χ0n) is 11.3. The standard InChI is InChI=1S/C16H20N2/c1-12-4-7-15(8-5-12)18(3)16-9-6-14(11-17)13(2)10-16/h4-10H,11,17H2,1-3H3. The molecule has 94 valence electrons. The maximum atomic E-state index is 5.69. The number of benzene rings is 2. The summed E-state index contributed by atoms with van der Waals surface area (Å²) in [4.78, 5) is 2.19. The molecule has 2 rings (SSSR count). The molecule has 0 aliphatic heterocycles. The van der Waals surface area contributed by atoms with Gasteiger partial charge in [0.15, 0.2) is 0 Å². The maximum Gasteiger partial charge on any atom is 0.0410 e. The number of aryl methyl sites for hydroxylation is 2. The number of hydrogen-bond donors (Lipinski definition) is 1. The summed E-state index contributed by atoms with van der Waals surface area (Å²) in [7, 11) is 2.08. The zero-order valence-corrected chi connectivity index (χ0v) is 11.3. The van der Waals surface area contributed by atoms with Crippen molar-refractivity contribution in [2.75, 3.05) is 11.9 Å². The second-order valence-electron chi connectivity index (χ2n) is 4.71. The van der Waals surface area contributed by atoms with Gasteiger partial charge in [-0.2, -0.15) is 0 Å². The van der Waals surface area contributed by atoms with Gasteiger partial charge in [0.05, 0.1) is 0 Å². The van der Waals surface area contributed by atoms with Crippen molar-refractivity contribution in [1.29, 1.82) is 0 Å². The van der Waals surface area contributed by atoms with E-state index in [0.29, 0.717) is 6.54 Å². The summed E-state index contributed by atoms with van der Waals surface area (Å²) >= 11 is 0. The smallest absolute Gasteiger partial charge is 0.0410 e. The Bertz CT molecular complexity index is 529. The fourth-order valence-corrected chi connectivity index (χ4v) is 2.04. The third kappa shape index (κ3) is 2.54. The third-order valence-electron chi connectivity index (χ3n) is 3.35. The van der Waals surface area contributed by atoms with E-state index in [1.54, 1.807) is 0 Å². The van der Waals surface area contributed by atoms with Crippen LogP contribution in [0, 0.1) is 13.8 Å². The van der Waals surface area contributed by atoms with Crippen LogP contribution in [0.25, 0.3) is 0 Å². The van der Waals surface area contributed by atoms with Crippen molar-refractivity contribution >= 4 is 11.4 Å². The Hall–Kier alpha value is -1.80. The van der Waals surface area contributed by atoms with Crippen LogP contribution in [-0.2, 0) is 6.54 Å². The summed E-state index contributed by atoms with van der Waals surface area (Å²) in [6.07, 6.45) is 0. The van der Waals surface area contributed by atoms with Gasteiger partial charge in [0, 0.05) is 25.0 Å². The van der Waals surface area contributed by atoms with Gasteiger partial charge >= 0.3 is 0 Å². The van der Waals surface area contributed by atoms with Gasteiger partial charge in [-0.05, 0) is 49.2 Å². The van der Waals surface area contributed by atoms with Crippen molar-refractivity contribution in [3.8, 4) is 0 Å². The van der Waals surface area contributed by atoms with E-state index < -0.39 is 0 Å². The Morgan fingerprint density at radius 3 is 2.11 bits per heavy atom. The monoisotopic (exact) mass is 240 g/mol. The van der Waals surface area contributed by atoms with Crippen LogP contribution in [0.15, 0.2) is 42.5 Å². The highest BCUT2D eigenvalue weighted by atomic mass is 15.1. The van der Waals surface area contributed by atoms with E-state index in [0.717, 1.165) is 0 Å². The Labute approximate surface area is 109 Å². The van der Waals surface area contributed by atoms with E-state index in [-0.39, 0.29) is 0 Å². The van der Waals surface area contributed by atoms with Crippen LogP contribution in [0.2, 0.25) is 0 Å². The van der Waals surface area contributed by atoms with E-state index >= 15 is 0 Å². The largest absolute Gasteiger partial charge is 0.345 e. The molecule has 2 aromatic rings. The minimum atomic E-state index is 0.598. The van der Waals surface area contributed by atoms with Crippen LogP contribution in [0.3, 0.4) is 0 Å². The van der Waals surface area contributed by atoms with E-state index in [2.05, 4.69) is 68.3 Å². The van der Waals surface area contributed by atoms with Gasteiger partial charge in [-0.1, -0.05) is 23.8 Å². The first-order valence-corrected chi connectivity index (χ1v) is 6.22. The topological polar surface area (TPSA) is 29.3 Å². The summed E-state index contributed by atoms with van der Waals surface area (Å²) in [6.45, 7) is 4.80. The Balaban J connectivity index is 2.31. The number of nitrogens with two attached hydrogens (primary N) is 1. The molecule has 2 N–H and O–H groups in total. The summed E-state index contributed by atoms with van der Waals surface area (Å²) in [5.74, 6) is 0. The van der Waals surface area contributed by atoms with E-state index in [1.165, 1.54) is 28.1 Å². The minimum absolute atomic E-state index is 0.598. The van der Waals surface area contributed by atoms with Crippen LogP contribution < -0.4 is 10.6 Å². The number of rotatable bonds is 3. The molecule has 0 aliphatic rings. The molecule has 0 saturated heterocycles. The lowest BCUT2D eigenvalue weighted by molar-refractivity contribution is 1.04. The van der Waals surface area contributed by atoms with Crippen molar-refractivity contribution in [1.82, 2.24) is 0 Å². The molecule has 0 fully saturated rings. The molecular weight excluding hydrogens is 220 g/mol. The first-order valence-electron chi connectivity index (χ1n) is 6.22. The van der Waals surface area contributed by atoms with Crippen LogP contribution in [0.1, 0.15) is 16.7 Å². The molecule has 18 heavy (non-hydrogen) atoms. The molecule has 2 aromatic carbocycles. The highest BCUT2D eigenvalue weighted by molar-refractivity contribution is 5.63. The molecule has 0 amide bonds. The molecule has 0 spiro atoms. The van der Waals surface area contributed by atoms with Crippen LogP contribution >= 0.6 is 0 Å². The number of hydrogen-bond acceptors (Lipinski definition) is 2. The third-order valence-corrected chi connectivity index (χ3v) is 3.35. The quantitative estimate of drug-likeness (QED) is 0.889. The van der Waals surface area contributed by atoms with Gasteiger partial charge in [0.2, 0.25) is 0 Å². The van der Waals surface area contributed by atoms with Crippen molar-refractivity contribution in [2.45, 2.75) is 20.4 Å². The Morgan fingerprint density at radius 2 is 1.56 bits per heavy atom. The van der Waals surface area contributed by atoms with Crippen molar-refractivity contribution < 1.29 is 0 Å². The molecule has 0 heterocycles. The molecule has 0 bridgehead atoms. The number of anilines is 2. The molecule has 0 aromatic heterocycles. The summed E-state index contributed by atoms with van der Waals surface area (Å²) in [5.41, 5.74) is 11.8. The van der Waals surface area contributed by atoms with Gasteiger partial charge < -0.3 is 10.6 Å². The fraction of sp³-hybridized carbons (Fsp3) is 0.250. The van der Waals surface area contributed by atoms with E-state index in [9.17, 15) is 0 Å². The van der Waals surface area contributed by atoms with E-state index in [4.69, 9.17) is 5.73 Å². The normalized spacial score (nSPS) is 10.4. The predicted molar refractivity (Wildman–Crippen MR) is 78.3 cm³/mol. The van der Waals surface area contributed by atoms with Crippen LogP contribution in [-0.4, -0.2) is 7.05 Å². The average molecular weight is 240 g/mol. The second kappa shape index (κ2) is 5.23. The van der Waals surface area contributed by atoms with Crippen molar-refractivity contribution in [2.24, 2.45) is 5.73 Å². The van der Waals surface area contributed by atoms with Crippen LogP contribution in [0.5, 0.6) is 0 Å². The lowest BCUT2D eigenvalue weighted by Gasteiger charge is -2.21. The SMILES string of the molecule is Cc1ccc(N(C)c2ccc(CN)c(C)c2)cc1. The second-order valence-corrected chi connectivity index (χ2v) is 4.71. The highest BCUT2D eigenvalue weighted by Crippen LogP contribution is 2.25. The molecule has 0 saturated carbocycles. The predicted octanol–water partition coefficient (Wildman–Crippen LogP) is 3.53. The molecule has 0 atom stereocenters. The zero-order chi connectivity index (χ0) is 13.1. The summed E-state index contributed by atoms with van der Waals surface area (Å²) < 4.78 is 0. The van der Waals surface area contributed by atoms with Crippen LogP contribution in [0.4, 0.5) is 11.4 Å². The lowest BCUT2D eigenvalue weighted by atomic mass is 10.1.